The van der Waals surface area contributed by atoms with Gasteiger partial charge in [-0.05, 0) is 55.0 Å². The van der Waals surface area contributed by atoms with Gasteiger partial charge in [-0.2, -0.15) is 0 Å². The number of ether oxygens (including phenoxy) is 1. The van der Waals surface area contributed by atoms with E-state index in [-0.39, 0.29) is 5.56 Å². The summed E-state index contributed by atoms with van der Waals surface area (Å²) in [5.41, 5.74) is 3.26. The minimum absolute atomic E-state index is 0.1000. The molecule has 0 spiro atoms. The SMILES string of the molecule is Cc1ccccc1Oc1ccc(-n2c(-c3ccccc3)nc3ccccc3c2=O)cc1. The molecule has 0 aliphatic rings. The van der Waals surface area contributed by atoms with Crippen molar-refractivity contribution in [2.24, 2.45) is 0 Å². The fourth-order valence-electron chi connectivity index (χ4n) is 3.61. The highest BCUT2D eigenvalue weighted by molar-refractivity contribution is 5.80. The lowest BCUT2D eigenvalue weighted by Crippen LogP contribution is -2.21. The number of aromatic nitrogens is 2. The molecule has 0 aliphatic heterocycles. The number of rotatable bonds is 4. The molecule has 0 saturated carbocycles. The van der Waals surface area contributed by atoms with E-state index in [1.807, 2.05) is 110 Å². The predicted octanol–water partition coefficient (Wildman–Crippen LogP) is 6.15. The Morgan fingerprint density at radius 1 is 0.742 bits per heavy atom. The zero-order valence-corrected chi connectivity index (χ0v) is 17.0. The number of aryl methyl sites for hydroxylation is 1. The van der Waals surface area contributed by atoms with Crippen LogP contribution in [0.3, 0.4) is 0 Å². The van der Waals surface area contributed by atoms with E-state index in [1.54, 1.807) is 4.57 Å². The average molecular weight is 404 g/mol. The van der Waals surface area contributed by atoms with E-state index in [4.69, 9.17) is 9.72 Å². The molecular formula is C27H20N2O2. The van der Waals surface area contributed by atoms with Gasteiger partial charge in [-0.3, -0.25) is 9.36 Å². The molecule has 4 heteroatoms. The van der Waals surface area contributed by atoms with Gasteiger partial charge in [0.1, 0.15) is 17.3 Å². The van der Waals surface area contributed by atoms with Gasteiger partial charge in [0.05, 0.1) is 16.6 Å². The van der Waals surface area contributed by atoms with Crippen LogP contribution >= 0.6 is 0 Å². The second kappa shape index (κ2) is 7.92. The second-order valence-corrected chi connectivity index (χ2v) is 7.32. The normalized spacial score (nSPS) is 10.9. The van der Waals surface area contributed by atoms with E-state index in [0.717, 1.165) is 22.6 Å². The second-order valence-electron chi connectivity index (χ2n) is 7.32. The molecule has 0 atom stereocenters. The number of nitrogens with zero attached hydrogens (tertiary/aromatic N) is 2. The van der Waals surface area contributed by atoms with Crippen LogP contribution in [-0.4, -0.2) is 9.55 Å². The first-order valence-electron chi connectivity index (χ1n) is 10.1. The lowest BCUT2D eigenvalue weighted by Gasteiger charge is -2.15. The summed E-state index contributed by atoms with van der Waals surface area (Å²) in [6, 6.07) is 32.6. The molecule has 1 aromatic heterocycles. The molecule has 0 amide bonds. The van der Waals surface area contributed by atoms with Gasteiger partial charge in [-0.1, -0.05) is 60.7 Å². The summed E-state index contributed by atoms with van der Waals surface area (Å²) in [5.74, 6) is 2.13. The molecule has 4 nitrogen and oxygen atoms in total. The van der Waals surface area contributed by atoms with Gasteiger partial charge in [0.2, 0.25) is 0 Å². The molecule has 0 bridgehead atoms. The zero-order chi connectivity index (χ0) is 21.2. The van der Waals surface area contributed by atoms with E-state index in [9.17, 15) is 4.79 Å². The van der Waals surface area contributed by atoms with E-state index in [1.165, 1.54) is 0 Å². The Morgan fingerprint density at radius 2 is 1.42 bits per heavy atom. The lowest BCUT2D eigenvalue weighted by atomic mass is 10.1. The van der Waals surface area contributed by atoms with Crippen molar-refractivity contribution in [3.05, 3.63) is 119 Å². The molecular weight excluding hydrogens is 384 g/mol. The quantitative estimate of drug-likeness (QED) is 0.361. The first-order chi connectivity index (χ1) is 15.2. The van der Waals surface area contributed by atoms with Crippen molar-refractivity contribution in [2.75, 3.05) is 0 Å². The van der Waals surface area contributed by atoms with Gasteiger partial charge in [0, 0.05) is 5.56 Å². The molecule has 0 radical (unpaired) electrons. The highest BCUT2D eigenvalue weighted by atomic mass is 16.5. The van der Waals surface area contributed by atoms with Crippen LogP contribution < -0.4 is 10.3 Å². The molecule has 0 fully saturated rings. The maximum Gasteiger partial charge on any atom is 0.266 e. The first kappa shape index (κ1) is 18.8. The number of hydrogen-bond acceptors (Lipinski definition) is 3. The van der Waals surface area contributed by atoms with Gasteiger partial charge in [0.25, 0.3) is 5.56 Å². The Balaban J connectivity index is 1.63. The first-order valence-corrected chi connectivity index (χ1v) is 10.1. The maximum atomic E-state index is 13.4. The van der Waals surface area contributed by atoms with Crippen molar-refractivity contribution in [1.29, 1.82) is 0 Å². The summed E-state index contributed by atoms with van der Waals surface area (Å²) < 4.78 is 7.67. The fourth-order valence-corrected chi connectivity index (χ4v) is 3.61. The maximum absolute atomic E-state index is 13.4. The van der Waals surface area contributed by atoms with Gasteiger partial charge in [0.15, 0.2) is 0 Å². The molecule has 150 valence electrons. The van der Waals surface area contributed by atoms with Crippen molar-refractivity contribution in [2.45, 2.75) is 6.92 Å². The molecule has 0 unspecified atom stereocenters. The summed E-state index contributed by atoms with van der Waals surface area (Å²) >= 11 is 0. The number of para-hydroxylation sites is 2. The minimum Gasteiger partial charge on any atom is -0.457 e. The van der Waals surface area contributed by atoms with Crippen molar-refractivity contribution in [3.8, 4) is 28.6 Å². The molecule has 1 heterocycles. The van der Waals surface area contributed by atoms with Crippen LogP contribution in [0.5, 0.6) is 11.5 Å². The third kappa shape index (κ3) is 3.60. The third-order valence-corrected chi connectivity index (χ3v) is 5.22. The smallest absolute Gasteiger partial charge is 0.266 e. The number of fused-ring (bicyclic) bond motifs is 1. The lowest BCUT2D eigenvalue weighted by molar-refractivity contribution is 0.479. The summed E-state index contributed by atoms with van der Waals surface area (Å²) in [7, 11) is 0. The third-order valence-electron chi connectivity index (χ3n) is 5.22. The predicted molar refractivity (Wildman–Crippen MR) is 124 cm³/mol. The Morgan fingerprint density at radius 3 is 2.19 bits per heavy atom. The van der Waals surface area contributed by atoms with E-state index in [2.05, 4.69) is 0 Å². The molecule has 0 saturated heterocycles. The van der Waals surface area contributed by atoms with Crippen LogP contribution in [0.25, 0.3) is 28.0 Å². The van der Waals surface area contributed by atoms with Crippen molar-refractivity contribution in [3.63, 3.8) is 0 Å². The van der Waals surface area contributed by atoms with Crippen LogP contribution in [0.1, 0.15) is 5.56 Å². The van der Waals surface area contributed by atoms with Crippen LogP contribution in [0.15, 0.2) is 108 Å². The van der Waals surface area contributed by atoms with Gasteiger partial charge in [-0.25, -0.2) is 4.98 Å². The molecule has 5 aromatic rings. The highest BCUT2D eigenvalue weighted by Crippen LogP contribution is 2.27. The van der Waals surface area contributed by atoms with Gasteiger partial charge in [-0.15, -0.1) is 0 Å². The van der Waals surface area contributed by atoms with E-state index < -0.39 is 0 Å². The Hall–Kier alpha value is -4.18. The zero-order valence-electron chi connectivity index (χ0n) is 17.0. The monoisotopic (exact) mass is 404 g/mol. The molecule has 5 rings (SSSR count). The largest absolute Gasteiger partial charge is 0.457 e. The van der Waals surface area contributed by atoms with Crippen molar-refractivity contribution in [1.82, 2.24) is 9.55 Å². The Kier molecular flexibility index (Phi) is 4.81. The van der Waals surface area contributed by atoms with Crippen molar-refractivity contribution >= 4 is 10.9 Å². The van der Waals surface area contributed by atoms with Crippen molar-refractivity contribution < 1.29 is 4.74 Å². The van der Waals surface area contributed by atoms with Crippen LogP contribution in [0, 0.1) is 6.92 Å². The van der Waals surface area contributed by atoms with Gasteiger partial charge >= 0.3 is 0 Å². The molecule has 31 heavy (non-hydrogen) atoms. The summed E-state index contributed by atoms with van der Waals surface area (Å²) in [6.45, 7) is 2.01. The van der Waals surface area contributed by atoms with E-state index >= 15 is 0 Å². The van der Waals surface area contributed by atoms with Gasteiger partial charge < -0.3 is 4.74 Å². The topological polar surface area (TPSA) is 44.1 Å². The summed E-state index contributed by atoms with van der Waals surface area (Å²) in [5, 5.41) is 0.586. The highest BCUT2D eigenvalue weighted by Gasteiger charge is 2.14. The van der Waals surface area contributed by atoms with E-state index in [0.29, 0.717) is 22.5 Å². The summed E-state index contributed by atoms with van der Waals surface area (Å²) in [4.78, 5) is 18.3. The average Bonchev–Trinajstić information content (AvgIpc) is 2.82. The fraction of sp³-hybridized carbons (Fsp3) is 0.0370. The number of hydrogen-bond donors (Lipinski definition) is 0. The molecule has 0 N–H and O–H groups in total. The van der Waals surface area contributed by atoms with Crippen LogP contribution in [-0.2, 0) is 0 Å². The van der Waals surface area contributed by atoms with Crippen LogP contribution in [0.4, 0.5) is 0 Å². The Labute approximate surface area is 180 Å². The number of benzene rings is 4. The molecule has 0 aliphatic carbocycles. The molecule has 4 aromatic carbocycles. The standard InChI is InChI=1S/C27H20N2O2/c1-19-9-5-8-14-25(19)31-22-17-15-21(16-18-22)29-26(20-10-3-2-4-11-20)28-24-13-7-6-12-23(24)27(29)30/h2-18H,1H3. The summed E-state index contributed by atoms with van der Waals surface area (Å²) in [6.07, 6.45) is 0. The minimum atomic E-state index is -0.1000. The van der Waals surface area contributed by atoms with Crippen LogP contribution in [0.2, 0.25) is 0 Å². The Bertz CT molecular complexity index is 1420.